The maximum atomic E-state index is 12.4. The lowest BCUT2D eigenvalue weighted by atomic mass is 10.0. The van der Waals surface area contributed by atoms with Crippen molar-refractivity contribution in [2.75, 3.05) is 13.2 Å². The molecule has 2 unspecified atom stereocenters. The molecule has 1 amide bonds. The molecule has 63 heavy (non-hydrogen) atoms. The topological polar surface area (TPSA) is 95.9 Å². The van der Waals surface area contributed by atoms with Crippen molar-refractivity contribution in [3.8, 4) is 0 Å². The molecule has 0 aliphatic heterocycles. The molecule has 0 aliphatic carbocycles. The molecule has 6 nitrogen and oxygen atoms in total. The Hall–Kier alpha value is -1.92. The summed E-state index contributed by atoms with van der Waals surface area (Å²) in [5.74, 6) is -0.0807. The normalized spacial score (nSPS) is 12.9. The number of amides is 1. The fourth-order valence-corrected chi connectivity index (χ4v) is 8.37. The first-order valence-corrected chi connectivity index (χ1v) is 27.8. The number of aliphatic hydroxyl groups is 2. The van der Waals surface area contributed by atoms with Crippen LogP contribution in [0.1, 0.15) is 290 Å². The molecule has 0 aliphatic rings. The molecule has 0 spiro atoms. The lowest BCUT2D eigenvalue weighted by Crippen LogP contribution is -2.45. The monoisotopic (exact) mass is 886 g/mol. The molecule has 0 saturated carbocycles. The zero-order valence-corrected chi connectivity index (χ0v) is 42.1. The van der Waals surface area contributed by atoms with Gasteiger partial charge in [-0.3, -0.25) is 9.59 Å². The van der Waals surface area contributed by atoms with Gasteiger partial charge in [0.1, 0.15) is 0 Å². The zero-order chi connectivity index (χ0) is 45.8. The summed E-state index contributed by atoms with van der Waals surface area (Å²) in [7, 11) is 0. The van der Waals surface area contributed by atoms with Crippen LogP contribution in [0.15, 0.2) is 36.5 Å². The molecule has 0 bridgehead atoms. The van der Waals surface area contributed by atoms with E-state index < -0.39 is 12.1 Å². The van der Waals surface area contributed by atoms with E-state index in [1.807, 2.05) is 6.08 Å². The summed E-state index contributed by atoms with van der Waals surface area (Å²) < 4.78 is 5.47. The molecular weight excluding hydrogens is 779 g/mol. The number of aliphatic hydroxyl groups excluding tert-OH is 2. The third-order valence-corrected chi connectivity index (χ3v) is 12.7. The predicted octanol–water partition coefficient (Wildman–Crippen LogP) is 16.9. The first-order chi connectivity index (χ1) is 31.0. The Morgan fingerprint density at radius 1 is 0.444 bits per heavy atom. The molecule has 0 heterocycles. The van der Waals surface area contributed by atoms with Gasteiger partial charge in [-0.25, -0.2) is 0 Å². The third-order valence-electron chi connectivity index (χ3n) is 12.7. The molecule has 0 aromatic heterocycles. The Bertz CT molecular complexity index is 1020. The molecule has 6 heteroatoms. The number of ether oxygens (including phenoxy) is 1. The summed E-state index contributed by atoms with van der Waals surface area (Å²) in [5, 5.41) is 23.0. The fraction of sp³-hybridized carbons (Fsp3) is 0.860. The highest BCUT2D eigenvalue weighted by Crippen LogP contribution is 2.16. The number of hydrogen-bond acceptors (Lipinski definition) is 5. The molecule has 370 valence electrons. The van der Waals surface area contributed by atoms with Crippen LogP contribution in [0.4, 0.5) is 0 Å². The minimum absolute atomic E-state index is 0.00741. The maximum Gasteiger partial charge on any atom is 0.305 e. The summed E-state index contributed by atoms with van der Waals surface area (Å²) >= 11 is 0. The van der Waals surface area contributed by atoms with Gasteiger partial charge in [-0.05, 0) is 64.2 Å². The summed E-state index contributed by atoms with van der Waals surface area (Å²) in [5.41, 5.74) is 0. The lowest BCUT2D eigenvalue weighted by molar-refractivity contribution is -0.143. The van der Waals surface area contributed by atoms with Crippen molar-refractivity contribution in [3.05, 3.63) is 36.5 Å². The molecule has 0 aromatic carbocycles. The van der Waals surface area contributed by atoms with Gasteiger partial charge in [-0.1, -0.05) is 249 Å². The molecule has 0 aromatic rings. The lowest BCUT2D eigenvalue weighted by Gasteiger charge is -2.20. The van der Waals surface area contributed by atoms with Gasteiger partial charge in [0.05, 0.1) is 25.4 Å². The van der Waals surface area contributed by atoms with Crippen molar-refractivity contribution in [3.63, 3.8) is 0 Å². The first-order valence-electron chi connectivity index (χ1n) is 27.8. The Morgan fingerprint density at radius 3 is 1.22 bits per heavy atom. The van der Waals surface area contributed by atoms with Gasteiger partial charge >= 0.3 is 5.97 Å². The second kappa shape index (κ2) is 52.7. The van der Waals surface area contributed by atoms with E-state index in [0.717, 1.165) is 51.4 Å². The predicted molar refractivity (Wildman–Crippen MR) is 273 cm³/mol. The fourth-order valence-electron chi connectivity index (χ4n) is 8.37. The number of nitrogens with one attached hydrogen (secondary N) is 1. The highest BCUT2D eigenvalue weighted by Gasteiger charge is 2.18. The molecule has 0 saturated heterocycles. The van der Waals surface area contributed by atoms with E-state index in [9.17, 15) is 19.8 Å². The Labute approximate surface area is 392 Å². The number of unbranched alkanes of at least 4 members (excludes halogenated alkanes) is 36. The average molecular weight is 886 g/mol. The van der Waals surface area contributed by atoms with E-state index in [2.05, 4.69) is 43.5 Å². The van der Waals surface area contributed by atoms with Crippen LogP contribution >= 0.6 is 0 Å². The van der Waals surface area contributed by atoms with Gasteiger partial charge in [-0.15, -0.1) is 0 Å². The summed E-state index contributed by atoms with van der Waals surface area (Å²) in [6.07, 6.45) is 64.4. The van der Waals surface area contributed by atoms with Gasteiger partial charge in [0.15, 0.2) is 0 Å². The number of hydrogen-bond donors (Lipinski definition) is 3. The van der Waals surface area contributed by atoms with E-state index in [1.54, 1.807) is 6.08 Å². The van der Waals surface area contributed by atoms with E-state index in [0.29, 0.717) is 19.4 Å². The number of allylic oxidation sites excluding steroid dienone is 5. The highest BCUT2D eigenvalue weighted by atomic mass is 16.5. The Balaban J connectivity index is 3.43. The molecular formula is C57H107NO5. The van der Waals surface area contributed by atoms with E-state index in [4.69, 9.17) is 4.74 Å². The molecule has 0 rings (SSSR count). The minimum Gasteiger partial charge on any atom is -0.466 e. The maximum absolute atomic E-state index is 12.4. The van der Waals surface area contributed by atoms with Crippen LogP contribution in [-0.2, 0) is 14.3 Å². The van der Waals surface area contributed by atoms with Crippen molar-refractivity contribution in [2.24, 2.45) is 0 Å². The van der Waals surface area contributed by atoms with Crippen molar-refractivity contribution < 1.29 is 24.5 Å². The second-order valence-electron chi connectivity index (χ2n) is 18.9. The molecule has 0 radical (unpaired) electrons. The van der Waals surface area contributed by atoms with Crippen molar-refractivity contribution in [1.82, 2.24) is 5.32 Å². The smallest absolute Gasteiger partial charge is 0.305 e. The summed E-state index contributed by atoms with van der Waals surface area (Å²) in [6.45, 7) is 4.86. The number of carbonyl (C=O) groups is 2. The minimum atomic E-state index is -0.846. The van der Waals surface area contributed by atoms with Crippen LogP contribution in [0, 0.1) is 0 Å². The number of esters is 1. The van der Waals surface area contributed by atoms with Crippen LogP contribution < -0.4 is 5.32 Å². The van der Waals surface area contributed by atoms with Gasteiger partial charge in [0.2, 0.25) is 5.91 Å². The van der Waals surface area contributed by atoms with Crippen LogP contribution in [0.3, 0.4) is 0 Å². The Kier molecular flexibility index (Phi) is 51.1. The van der Waals surface area contributed by atoms with Gasteiger partial charge in [0.25, 0.3) is 0 Å². The average Bonchev–Trinajstić information content (AvgIpc) is 3.28. The van der Waals surface area contributed by atoms with Crippen LogP contribution in [0.5, 0.6) is 0 Å². The van der Waals surface area contributed by atoms with E-state index in [-0.39, 0.29) is 18.5 Å². The highest BCUT2D eigenvalue weighted by molar-refractivity contribution is 5.76. The quantitative estimate of drug-likeness (QED) is 0.0321. The summed E-state index contributed by atoms with van der Waals surface area (Å²) in [6, 6.07) is -0.630. The van der Waals surface area contributed by atoms with Crippen LogP contribution in [-0.4, -0.2) is 47.4 Å². The second-order valence-corrected chi connectivity index (χ2v) is 18.9. The standard InChI is InChI=1S/C57H107NO5/c1-3-5-7-9-11-13-15-17-18-24-27-31-35-39-43-47-51-57(62)63-52-48-44-40-36-32-28-25-22-20-19-21-23-26-30-34-38-42-46-50-56(61)58-54(53-59)55(60)49-45-41-37-33-29-16-14-12-10-8-6-4-2/h13,15,18,24,45,49,54-55,59-60H,3-12,14,16-17,19-23,25-44,46-48,50-53H2,1-2H3,(H,58,61)/b15-13-,24-18-,49-45+. The SMILES string of the molecule is CCCCCC/C=C\C/C=C\CCCCCCCC(=O)OCCCCCCCCCCCCCCCCCCCCC(=O)NC(CO)C(O)/C=C/CCCCCCCCCCCC. The third kappa shape index (κ3) is 49.4. The number of carbonyl (C=O) groups excluding carboxylic acids is 2. The number of rotatable bonds is 51. The molecule has 2 atom stereocenters. The van der Waals surface area contributed by atoms with Crippen LogP contribution in [0.25, 0.3) is 0 Å². The first kappa shape index (κ1) is 61.1. The zero-order valence-electron chi connectivity index (χ0n) is 42.1. The Morgan fingerprint density at radius 2 is 0.794 bits per heavy atom. The largest absolute Gasteiger partial charge is 0.466 e. The molecule has 3 N–H and O–H groups in total. The summed E-state index contributed by atoms with van der Waals surface area (Å²) in [4.78, 5) is 24.5. The van der Waals surface area contributed by atoms with Gasteiger partial charge < -0.3 is 20.3 Å². The van der Waals surface area contributed by atoms with Gasteiger partial charge in [-0.2, -0.15) is 0 Å². The van der Waals surface area contributed by atoms with E-state index in [1.165, 1.54) is 212 Å². The van der Waals surface area contributed by atoms with Crippen molar-refractivity contribution in [1.29, 1.82) is 0 Å². The van der Waals surface area contributed by atoms with Crippen molar-refractivity contribution in [2.45, 2.75) is 302 Å². The molecule has 0 fully saturated rings. The van der Waals surface area contributed by atoms with Crippen molar-refractivity contribution >= 4 is 11.9 Å². The van der Waals surface area contributed by atoms with Crippen LogP contribution in [0.2, 0.25) is 0 Å². The van der Waals surface area contributed by atoms with Gasteiger partial charge in [0, 0.05) is 12.8 Å². The van der Waals surface area contributed by atoms with E-state index >= 15 is 0 Å².